The lowest BCUT2D eigenvalue weighted by atomic mass is 9.90. The van der Waals surface area contributed by atoms with Crippen LogP contribution >= 0.6 is 0 Å². The summed E-state index contributed by atoms with van der Waals surface area (Å²) in [6.45, 7) is 1.27. The van der Waals surface area contributed by atoms with Crippen molar-refractivity contribution in [3.05, 3.63) is 35.4 Å². The quantitative estimate of drug-likeness (QED) is 0.665. The number of rotatable bonds is 2. The molecule has 1 aliphatic heterocycles. The molecule has 1 aromatic carbocycles. The Hall–Kier alpha value is -1.31. The molecule has 1 fully saturated rings. The summed E-state index contributed by atoms with van der Waals surface area (Å²) in [5.41, 5.74) is 1.64. The molecule has 0 spiro atoms. The lowest BCUT2D eigenvalue weighted by Gasteiger charge is -2.26. The topological polar surface area (TPSA) is 42.2 Å². The van der Waals surface area contributed by atoms with E-state index in [1.807, 2.05) is 20.0 Å². The van der Waals surface area contributed by atoms with Crippen molar-refractivity contribution in [2.75, 3.05) is 13.2 Å². The van der Waals surface area contributed by atoms with Crippen LogP contribution in [-0.4, -0.2) is 21.1 Å². The highest BCUT2D eigenvalue weighted by atomic mass is 16.7. The van der Waals surface area contributed by atoms with Gasteiger partial charge < -0.3 is 9.47 Å². The molecule has 0 aromatic heterocycles. The van der Waals surface area contributed by atoms with Crippen LogP contribution in [0, 0.1) is 11.3 Å². The number of nitriles is 1. The number of hydrogen-bond acceptors (Lipinski definition) is 3. The molecule has 1 aliphatic rings. The smallest absolute Gasteiger partial charge is 0.187 e. The van der Waals surface area contributed by atoms with E-state index < -0.39 is 5.79 Å². The van der Waals surface area contributed by atoms with Gasteiger partial charge in [-0.1, -0.05) is 12.1 Å². The molecular weight excluding hydrogens is 189 g/mol. The van der Waals surface area contributed by atoms with Gasteiger partial charge >= 0.3 is 0 Å². The first-order chi connectivity index (χ1) is 7.30. The minimum absolute atomic E-state index is 0.589. The van der Waals surface area contributed by atoms with E-state index in [-0.39, 0.29) is 0 Å². The highest BCUT2D eigenvalue weighted by molar-refractivity contribution is 6.09. The predicted molar refractivity (Wildman–Crippen MR) is 58.1 cm³/mol. The van der Waals surface area contributed by atoms with Crippen molar-refractivity contribution >= 4 is 7.85 Å². The zero-order valence-electron chi connectivity index (χ0n) is 8.69. The fourth-order valence-corrected chi connectivity index (χ4v) is 1.83. The molecule has 15 heavy (non-hydrogen) atoms. The van der Waals surface area contributed by atoms with Crippen molar-refractivity contribution in [2.24, 2.45) is 0 Å². The molecule has 0 saturated carbocycles. The number of hydrogen-bond donors (Lipinski definition) is 0. The summed E-state index contributed by atoms with van der Waals surface area (Å²) in [5.74, 6) is -0.589. The van der Waals surface area contributed by atoms with Crippen molar-refractivity contribution in [1.82, 2.24) is 0 Å². The first-order valence-corrected chi connectivity index (χ1v) is 5.09. The molecule has 0 unspecified atom stereocenters. The molecule has 0 aliphatic carbocycles. The Labute approximate surface area is 90.0 Å². The maximum atomic E-state index is 8.70. The van der Waals surface area contributed by atoms with E-state index in [2.05, 4.69) is 6.07 Å². The monoisotopic (exact) mass is 201 g/mol. The minimum Gasteiger partial charge on any atom is -0.344 e. The van der Waals surface area contributed by atoms with Gasteiger partial charge in [-0.15, -0.1) is 0 Å². The van der Waals surface area contributed by atoms with E-state index in [4.69, 9.17) is 14.7 Å². The highest BCUT2D eigenvalue weighted by Crippen LogP contribution is 2.34. The van der Waals surface area contributed by atoms with Crippen LogP contribution in [0.3, 0.4) is 0 Å². The summed E-state index contributed by atoms with van der Waals surface area (Å²) in [6.07, 6.45) is 0.777. The largest absolute Gasteiger partial charge is 0.344 e. The number of nitrogens with zero attached hydrogens (tertiary/aromatic N) is 1. The van der Waals surface area contributed by atoms with Crippen LogP contribution in [0.25, 0.3) is 0 Å². The molecule has 0 N–H and O–H groups in total. The van der Waals surface area contributed by atoms with E-state index in [1.54, 1.807) is 12.1 Å². The Morgan fingerprint density at radius 2 is 1.87 bits per heavy atom. The van der Waals surface area contributed by atoms with E-state index in [0.717, 1.165) is 11.9 Å². The summed E-state index contributed by atoms with van der Waals surface area (Å²) in [5, 5.41) is 8.70. The molecule has 1 heterocycles. The lowest BCUT2D eigenvalue weighted by molar-refractivity contribution is -0.148. The SMILES string of the molecule is BCC1(c2ccc(C#N)cc2)OCCO1. The van der Waals surface area contributed by atoms with E-state index in [0.29, 0.717) is 18.8 Å². The van der Waals surface area contributed by atoms with Gasteiger partial charge in [0.15, 0.2) is 5.79 Å². The first-order valence-electron chi connectivity index (χ1n) is 5.09. The van der Waals surface area contributed by atoms with Gasteiger partial charge in [0, 0.05) is 5.56 Å². The van der Waals surface area contributed by atoms with Gasteiger partial charge in [0.1, 0.15) is 7.85 Å². The summed E-state index contributed by atoms with van der Waals surface area (Å²) in [7, 11) is 2.03. The molecule has 76 valence electrons. The summed E-state index contributed by atoms with van der Waals surface area (Å²) < 4.78 is 11.3. The Kier molecular flexibility index (Phi) is 2.76. The standard InChI is InChI=1S/C11H12BNO2/c12-8-11(14-5-6-15-11)10-3-1-9(7-13)2-4-10/h1-4H,5-6,8,12H2. The van der Waals surface area contributed by atoms with Crippen LogP contribution in [0.1, 0.15) is 11.1 Å². The molecule has 1 aromatic rings. The molecule has 0 amide bonds. The van der Waals surface area contributed by atoms with E-state index in [9.17, 15) is 0 Å². The van der Waals surface area contributed by atoms with E-state index >= 15 is 0 Å². The Balaban J connectivity index is 2.31. The van der Waals surface area contributed by atoms with E-state index in [1.165, 1.54) is 0 Å². The Bertz CT molecular complexity index is 377. The molecule has 2 rings (SSSR count). The first kappa shape index (κ1) is 10.2. The fourth-order valence-electron chi connectivity index (χ4n) is 1.83. The maximum Gasteiger partial charge on any atom is 0.187 e. The Morgan fingerprint density at radius 3 is 2.33 bits per heavy atom. The second-order valence-corrected chi connectivity index (χ2v) is 3.49. The summed E-state index contributed by atoms with van der Waals surface area (Å²) in [6, 6.07) is 9.46. The molecule has 0 radical (unpaired) electrons. The molecule has 0 atom stereocenters. The van der Waals surface area contributed by atoms with Gasteiger partial charge in [-0.2, -0.15) is 5.26 Å². The van der Waals surface area contributed by atoms with Gasteiger partial charge in [-0.25, -0.2) is 0 Å². The zero-order valence-corrected chi connectivity index (χ0v) is 8.69. The van der Waals surface area contributed by atoms with Gasteiger partial charge in [0.25, 0.3) is 0 Å². The molecule has 0 bridgehead atoms. The lowest BCUT2D eigenvalue weighted by Crippen LogP contribution is -2.26. The molecule has 1 saturated heterocycles. The van der Waals surface area contributed by atoms with Crippen molar-refractivity contribution in [1.29, 1.82) is 5.26 Å². The van der Waals surface area contributed by atoms with Crippen molar-refractivity contribution in [2.45, 2.75) is 12.1 Å². The third-order valence-electron chi connectivity index (χ3n) is 2.67. The third kappa shape index (κ3) is 1.76. The fraction of sp³-hybridized carbons (Fsp3) is 0.364. The Morgan fingerprint density at radius 1 is 1.27 bits per heavy atom. The van der Waals surface area contributed by atoms with Gasteiger partial charge in [0.05, 0.1) is 24.8 Å². The summed E-state index contributed by atoms with van der Waals surface area (Å²) in [4.78, 5) is 0. The van der Waals surface area contributed by atoms with Gasteiger partial charge in [-0.3, -0.25) is 0 Å². The number of ether oxygens (including phenoxy) is 2. The molecule has 4 heteroatoms. The average molecular weight is 201 g/mol. The highest BCUT2D eigenvalue weighted by Gasteiger charge is 2.36. The molecular formula is C11H12BNO2. The van der Waals surface area contributed by atoms with Crippen LogP contribution < -0.4 is 0 Å². The van der Waals surface area contributed by atoms with Crippen molar-refractivity contribution < 1.29 is 9.47 Å². The third-order valence-corrected chi connectivity index (χ3v) is 2.67. The maximum absolute atomic E-state index is 8.70. The average Bonchev–Trinajstić information content (AvgIpc) is 2.79. The van der Waals surface area contributed by atoms with Crippen LogP contribution in [0.5, 0.6) is 0 Å². The van der Waals surface area contributed by atoms with Gasteiger partial charge in [-0.05, 0) is 18.5 Å². The minimum atomic E-state index is -0.589. The van der Waals surface area contributed by atoms with Crippen molar-refractivity contribution in [3.8, 4) is 6.07 Å². The van der Waals surface area contributed by atoms with Crippen LogP contribution in [0.2, 0.25) is 6.32 Å². The van der Waals surface area contributed by atoms with Crippen LogP contribution in [0.15, 0.2) is 24.3 Å². The van der Waals surface area contributed by atoms with Crippen LogP contribution in [-0.2, 0) is 15.3 Å². The second kappa shape index (κ2) is 4.05. The normalized spacial score (nSPS) is 18.6. The number of benzene rings is 1. The summed E-state index contributed by atoms with van der Waals surface area (Å²) >= 11 is 0. The second-order valence-electron chi connectivity index (χ2n) is 3.49. The van der Waals surface area contributed by atoms with Crippen LogP contribution in [0.4, 0.5) is 0 Å². The molecule has 3 nitrogen and oxygen atoms in total. The zero-order chi connectivity index (χ0) is 10.7. The van der Waals surface area contributed by atoms with Gasteiger partial charge in [0.2, 0.25) is 0 Å². The van der Waals surface area contributed by atoms with Crippen molar-refractivity contribution in [3.63, 3.8) is 0 Å². The predicted octanol–water partition coefficient (Wildman–Crippen LogP) is 0.809.